The van der Waals surface area contributed by atoms with Gasteiger partial charge in [0.1, 0.15) is 0 Å². The highest BCUT2D eigenvalue weighted by Crippen LogP contribution is 2.38. The third kappa shape index (κ3) is 4.02. The topological polar surface area (TPSA) is 40.5 Å². The van der Waals surface area contributed by atoms with Crippen molar-refractivity contribution < 1.29 is 23.1 Å². The van der Waals surface area contributed by atoms with Crippen LogP contribution in [0.3, 0.4) is 0 Å². The first-order valence-corrected chi connectivity index (χ1v) is 7.45. The van der Waals surface area contributed by atoms with E-state index in [9.17, 15) is 23.1 Å². The zero-order valence-corrected chi connectivity index (χ0v) is 12.0. The summed E-state index contributed by atoms with van der Waals surface area (Å²) in [6.45, 7) is 3.06. The van der Waals surface area contributed by atoms with Gasteiger partial charge in [0.15, 0.2) is 5.60 Å². The molecule has 1 saturated heterocycles. The number of alkyl halides is 3. The number of aliphatic hydroxyl groups is 1. The van der Waals surface area contributed by atoms with Gasteiger partial charge in [0.05, 0.1) is 11.8 Å². The Kier molecular flexibility index (Phi) is 5.55. The first-order chi connectivity index (χ1) is 8.71. The molecule has 0 aromatic heterocycles. The molecular weight excluding hydrogens is 279 g/mol. The Bertz CT molecular complexity index is 325. The number of likely N-dealkylation sites (tertiary alicyclic amines) is 1. The molecule has 0 saturated carbocycles. The fraction of sp³-hybridized carbons (Fsp3) is 0.917. The maximum absolute atomic E-state index is 12.6. The molecule has 2 atom stereocenters. The van der Waals surface area contributed by atoms with Crippen LogP contribution in [0.4, 0.5) is 13.2 Å². The number of hydrogen-bond donors (Lipinski definition) is 1. The van der Waals surface area contributed by atoms with Crippen molar-refractivity contribution in [2.45, 2.75) is 50.1 Å². The highest BCUT2D eigenvalue weighted by atomic mass is 32.2. The molecule has 19 heavy (non-hydrogen) atoms. The second kappa shape index (κ2) is 6.35. The quantitative estimate of drug-likeness (QED) is 0.793. The number of halogens is 3. The van der Waals surface area contributed by atoms with E-state index >= 15 is 0 Å². The molecule has 0 radical (unpaired) electrons. The number of unbranched alkanes of at least 4 members (excludes halogenated alkanes) is 1. The smallest absolute Gasteiger partial charge is 0.379 e. The van der Waals surface area contributed by atoms with Gasteiger partial charge in [-0.1, -0.05) is 13.3 Å². The highest BCUT2D eigenvalue weighted by molar-refractivity contribution is 8.00. The van der Waals surface area contributed by atoms with E-state index in [1.807, 2.05) is 6.92 Å². The largest absolute Gasteiger partial charge is 0.419 e. The summed E-state index contributed by atoms with van der Waals surface area (Å²) in [5, 5.41) is 9.16. The van der Waals surface area contributed by atoms with Crippen LogP contribution in [0.25, 0.3) is 0 Å². The molecule has 0 bridgehead atoms. The Morgan fingerprint density at radius 2 is 2.16 bits per heavy atom. The number of rotatable bonds is 5. The lowest BCUT2D eigenvalue weighted by Gasteiger charge is -2.26. The van der Waals surface area contributed by atoms with Crippen LogP contribution in [0.5, 0.6) is 0 Å². The van der Waals surface area contributed by atoms with Crippen LogP contribution in [0.2, 0.25) is 0 Å². The van der Waals surface area contributed by atoms with Crippen molar-refractivity contribution in [2.75, 3.05) is 18.8 Å². The van der Waals surface area contributed by atoms with Crippen LogP contribution in [0, 0.1) is 0 Å². The first kappa shape index (κ1) is 16.6. The standard InChI is InChI=1S/C12H20F3NO2S/c1-3-4-7-19-9(2)10(17)16-6-5-11(18,8-16)12(13,14)15/h9,18H,3-8H2,1-2H3/t9-,11+/m0/s1. The molecule has 1 heterocycles. The van der Waals surface area contributed by atoms with Crippen LogP contribution in [0.15, 0.2) is 0 Å². The second-order valence-electron chi connectivity index (χ2n) is 4.91. The van der Waals surface area contributed by atoms with Gasteiger partial charge in [-0.3, -0.25) is 4.79 Å². The lowest BCUT2D eigenvalue weighted by Crippen LogP contribution is -2.48. The normalized spacial score (nSPS) is 25.7. The highest BCUT2D eigenvalue weighted by Gasteiger charge is 2.57. The minimum Gasteiger partial charge on any atom is -0.379 e. The monoisotopic (exact) mass is 299 g/mol. The van der Waals surface area contributed by atoms with Crippen LogP contribution in [-0.2, 0) is 4.79 Å². The van der Waals surface area contributed by atoms with Crippen molar-refractivity contribution in [3.05, 3.63) is 0 Å². The summed E-state index contributed by atoms with van der Waals surface area (Å²) >= 11 is 1.45. The first-order valence-electron chi connectivity index (χ1n) is 6.41. The molecule has 1 N–H and O–H groups in total. The van der Waals surface area contributed by atoms with Crippen molar-refractivity contribution in [1.29, 1.82) is 0 Å². The minimum atomic E-state index is -4.68. The number of amides is 1. The number of thioether (sulfide) groups is 1. The summed E-state index contributed by atoms with van der Waals surface area (Å²) in [6.07, 6.45) is -3.12. The van der Waals surface area contributed by atoms with E-state index in [0.717, 1.165) is 23.5 Å². The summed E-state index contributed by atoms with van der Waals surface area (Å²) in [6, 6.07) is 0. The molecule has 0 spiro atoms. The zero-order valence-electron chi connectivity index (χ0n) is 11.2. The molecule has 1 fully saturated rings. The summed E-state index contributed by atoms with van der Waals surface area (Å²) in [5.74, 6) is 0.502. The van der Waals surface area contributed by atoms with Crippen molar-refractivity contribution in [2.24, 2.45) is 0 Å². The molecule has 1 rings (SSSR count). The summed E-state index contributed by atoms with van der Waals surface area (Å²) in [4.78, 5) is 13.1. The van der Waals surface area contributed by atoms with Crippen molar-refractivity contribution in [1.82, 2.24) is 4.90 Å². The van der Waals surface area contributed by atoms with E-state index in [2.05, 4.69) is 0 Å². The third-order valence-electron chi connectivity index (χ3n) is 3.30. The zero-order chi connectivity index (χ0) is 14.7. The van der Waals surface area contributed by atoms with Gasteiger partial charge in [-0.05, 0) is 19.1 Å². The Morgan fingerprint density at radius 1 is 1.53 bits per heavy atom. The molecule has 7 heteroatoms. The van der Waals surface area contributed by atoms with E-state index in [1.165, 1.54) is 11.8 Å². The fourth-order valence-electron chi connectivity index (χ4n) is 1.95. The summed E-state index contributed by atoms with van der Waals surface area (Å²) in [5.41, 5.74) is -2.74. The average molecular weight is 299 g/mol. The predicted octanol–water partition coefficient (Wildman–Crippen LogP) is 2.43. The molecule has 3 nitrogen and oxygen atoms in total. The number of hydrogen-bond acceptors (Lipinski definition) is 3. The van der Waals surface area contributed by atoms with E-state index < -0.39 is 24.7 Å². The van der Waals surface area contributed by atoms with Gasteiger partial charge in [0, 0.05) is 13.0 Å². The maximum atomic E-state index is 12.6. The number of nitrogens with zero attached hydrogens (tertiary/aromatic N) is 1. The van der Waals surface area contributed by atoms with Gasteiger partial charge in [-0.25, -0.2) is 0 Å². The van der Waals surface area contributed by atoms with Crippen LogP contribution < -0.4 is 0 Å². The lowest BCUT2D eigenvalue weighted by atomic mass is 10.0. The van der Waals surface area contributed by atoms with Crippen LogP contribution >= 0.6 is 11.8 Å². The number of carbonyl (C=O) groups excluding carboxylic acids is 1. The van der Waals surface area contributed by atoms with Gasteiger partial charge in [-0.15, -0.1) is 11.8 Å². The lowest BCUT2D eigenvalue weighted by molar-refractivity contribution is -0.253. The maximum Gasteiger partial charge on any atom is 0.419 e. The number of β-amino-alcohol motifs (C(OH)–C–C–N with tert-alkyl or cyclic N) is 1. The molecule has 0 aromatic rings. The molecule has 1 amide bonds. The fourth-order valence-corrected chi connectivity index (χ4v) is 3.05. The average Bonchev–Trinajstić information content (AvgIpc) is 2.72. The van der Waals surface area contributed by atoms with Gasteiger partial charge in [0.2, 0.25) is 5.91 Å². The second-order valence-corrected chi connectivity index (χ2v) is 6.35. The van der Waals surface area contributed by atoms with E-state index in [1.54, 1.807) is 6.92 Å². The van der Waals surface area contributed by atoms with E-state index in [-0.39, 0.29) is 17.7 Å². The minimum absolute atomic E-state index is 0.0342. The van der Waals surface area contributed by atoms with Crippen LogP contribution in [-0.4, -0.2) is 51.8 Å². The van der Waals surface area contributed by atoms with Crippen LogP contribution in [0.1, 0.15) is 33.1 Å². The van der Waals surface area contributed by atoms with Crippen molar-refractivity contribution in [3.63, 3.8) is 0 Å². The molecular formula is C12H20F3NO2S. The van der Waals surface area contributed by atoms with E-state index in [4.69, 9.17) is 0 Å². The molecule has 112 valence electrons. The Hall–Kier alpha value is -0.430. The predicted molar refractivity (Wildman–Crippen MR) is 69.0 cm³/mol. The Labute approximate surface area is 115 Å². The van der Waals surface area contributed by atoms with Gasteiger partial charge in [0.25, 0.3) is 0 Å². The van der Waals surface area contributed by atoms with Crippen molar-refractivity contribution in [3.8, 4) is 0 Å². The van der Waals surface area contributed by atoms with E-state index in [0.29, 0.717) is 0 Å². The van der Waals surface area contributed by atoms with Gasteiger partial charge < -0.3 is 10.0 Å². The Morgan fingerprint density at radius 3 is 2.63 bits per heavy atom. The summed E-state index contributed by atoms with van der Waals surface area (Å²) < 4.78 is 37.9. The van der Waals surface area contributed by atoms with Gasteiger partial charge >= 0.3 is 6.18 Å². The molecule has 0 unspecified atom stereocenters. The number of carbonyl (C=O) groups is 1. The molecule has 1 aliphatic rings. The SMILES string of the molecule is CCCCS[C@@H](C)C(=O)N1CC[C@](O)(C(F)(F)F)C1. The Balaban J connectivity index is 2.52. The molecule has 0 aromatic carbocycles. The van der Waals surface area contributed by atoms with Crippen molar-refractivity contribution >= 4 is 17.7 Å². The summed E-state index contributed by atoms with van der Waals surface area (Å²) in [7, 11) is 0. The van der Waals surface area contributed by atoms with Gasteiger partial charge in [-0.2, -0.15) is 13.2 Å². The molecule has 0 aliphatic carbocycles. The molecule has 1 aliphatic heterocycles. The third-order valence-corrected chi connectivity index (χ3v) is 4.53.